The first-order valence-electron chi connectivity index (χ1n) is 7.93. The molecule has 2 N–H and O–H groups in total. The number of urea groups is 1. The van der Waals surface area contributed by atoms with Crippen LogP contribution in [0.15, 0.2) is 47.4 Å². The molecule has 0 saturated heterocycles. The molecule has 1 aromatic carbocycles. The standard InChI is InChI=1S/C17H18N6O2/c1-3-11(2)20-17(24)21-13-6-4-5-12(9-13)15-22-16(25-23-15)14-10-18-7-8-19-14/h4-11H,3H2,1-2H3,(H2,20,21,24). The van der Waals surface area contributed by atoms with Crippen LogP contribution in [0.2, 0.25) is 0 Å². The van der Waals surface area contributed by atoms with Crippen LogP contribution < -0.4 is 10.6 Å². The maximum atomic E-state index is 11.9. The van der Waals surface area contributed by atoms with Gasteiger partial charge in [0.05, 0.1) is 6.20 Å². The van der Waals surface area contributed by atoms with Crippen LogP contribution in [0.4, 0.5) is 10.5 Å². The number of nitrogens with zero attached hydrogens (tertiary/aromatic N) is 4. The molecule has 3 rings (SSSR count). The summed E-state index contributed by atoms with van der Waals surface area (Å²) in [5.74, 6) is 0.697. The molecule has 0 saturated carbocycles. The fourth-order valence-corrected chi connectivity index (χ4v) is 2.08. The highest BCUT2D eigenvalue weighted by atomic mass is 16.5. The Morgan fingerprint density at radius 1 is 1.32 bits per heavy atom. The van der Waals surface area contributed by atoms with Crippen molar-refractivity contribution in [3.63, 3.8) is 0 Å². The van der Waals surface area contributed by atoms with Gasteiger partial charge in [0.15, 0.2) is 0 Å². The maximum absolute atomic E-state index is 11.9. The van der Waals surface area contributed by atoms with Crippen molar-refractivity contribution in [2.45, 2.75) is 26.3 Å². The molecule has 0 fully saturated rings. The first-order chi connectivity index (χ1) is 12.2. The Morgan fingerprint density at radius 2 is 2.20 bits per heavy atom. The summed E-state index contributed by atoms with van der Waals surface area (Å²) in [5, 5.41) is 9.61. The number of carbonyl (C=O) groups is 1. The van der Waals surface area contributed by atoms with Crippen LogP contribution in [-0.4, -0.2) is 32.2 Å². The van der Waals surface area contributed by atoms with Crippen LogP contribution in [0.25, 0.3) is 23.0 Å². The number of rotatable bonds is 5. The predicted octanol–water partition coefficient (Wildman–Crippen LogP) is 3.11. The number of hydrogen-bond donors (Lipinski definition) is 2. The van der Waals surface area contributed by atoms with E-state index in [-0.39, 0.29) is 18.0 Å². The van der Waals surface area contributed by atoms with Gasteiger partial charge in [0.2, 0.25) is 5.82 Å². The molecule has 0 aliphatic carbocycles. The summed E-state index contributed by atoms with van der Waals surface area (Å²) in [6, 6.07) is 7.08. The van der Waals surface area contributed by atoms with Crippen LogP contribution in [0, 0.1) is 0 Å². The summed E-state index contributed by atoms with van der Waals surface area (Å²) >= 11 is 0. The highest BCUT2D eigenvalue weighted by Crippen LogP contribution is 2.22. The van der Waals surface area contributed by atoms with E-state index < -0.39 is 0 Å². The van der Waals surface area contributed by atoms with E-state index in [1.807, 2.05) is 26.0 Å². The number of carbonyl (C=O) groups excluding carboxylic acids is 1. The zero-order valence-electron chi connectivity index (χ0n) is 13.9. The van der Waals surface area contributed by atoms with Crippen molar-refractivity contribution in [2.24, 2.45) is 0 Å². The maximum Gasteiger partial charge on any atom is 0.319 e. The van der Waals surface area contributed by atoms with Crippen molar-refractivity contribution in [3.8, 4) is 23.0 Å². The second-order valence-electron chi connectivity index (χ2n) is 5.50. The molecule has 1 atom stereocenters. The summed E-state index contributed by atoms with van der Waals surface area (Å²) in [4.78, 5) is 24.4. The zero-order chi connectivity index (χ0) is 17.6. The Hall–Kier alpha value is -3.29. The minimum absolute atomic E-state index is 0.106. The first-order valence-corrected chi connectivity index (χ1v) is 7.93. The molecular formula is C17H18N6O2. The smallest absolute Gasteiger partial charge is 0.319 e. The molecule has 1 unspecified atom stereocenters. The van der Waals surface area contributed by atoms with Crippen LogP contribution >= 0.6 is 0 Å². The molecule has 8 nitrogen and oxygen atoms in total. The molecule has 0 aliphatic heterocycles. The van der Waals surface area contributed by atoms with E-state index in [9.17, 15) is 4.79 Å². The molecule has 0 bridgehead atoms. The normalized spacial score (nSPS) is 11.8. The van der Waals surface area contributed by atoms with E-state index in [0.29, 0.717) is 17.2 Å². The summed E-state index contributed by atoms with van der Waals surface area (Å²) in [5.41, 5.74) is 1.87. The second-order valence-corrected chi connectivity index (χ2v) is 5.50. The van der Waals surface area contributed by atoms with Gasteiger partial charge < -0.3 is 15.2 Å². The number of aromatic nitrogens is 4. The fraction of sp³-hybridized carbons (Fsp3) is 0.235. The average molecular weight is 338 g/mol. The molecular weight excluding hydrogens is 320 g/mol. The average Bonchev–Trinajstić information content (AvgIpc) is 3.12. The number of benzene rings is 1. The second kappa shape index (κ2) is 7.52. The Bertz CT molecular complexity index is 849. The zero-order valence-corrected chi connectivity index (χ0v) is 13.9. The molecule has 2 aromatic heterocycles. The van der Waals surface area contributed by atoms with Gasteiger partial charge in [0.25, 0.3) is 5.89 Å². The van der Waals surface area contributed by atoms with Crippen molar-refractivity contribution in [1.29, 1.82) is 0 Å². The van der Waals surface area contributed by atoms with Gasteiger partial charge in [-0.15, -0.1) is 0 Å². The molecule has 3 aromatic rings. The van der Waals surface area contributed by atoms with Crippen molar-refractivity contribution < 1.29 is 9.32 Å². The first kappa shape index (κ1) is 16.6. The lowest BCUT2D eigenvalue weighted by Crippen LogP contribution is -2.35. The quantitative estimate of drug-likeness (QED) is 0.740. The topological polar surface area (TPSA) is 106 Å². The Labute approximate surface area is 144 Å². The van der Waals surface area contributed by atoms with Gasteiger partial charge in [-0.05, 0) is 25.5 Å². The summed E-state index contributed by atoms with van der Waals surface area (Å²) < 4.78 is 5.23. The highest BCUT2D eigenvalue weighted by molar-refractivity contribution is 5.90. The van der Waals surface area contributed by atoms with E-state index in [1.165, 1.54) is 0 Å². The number of nitrogens with one attached hydrogen (secondary N) is 2. The van der Waals surface area contributed by atoms with Crippen molar-refractivity contribution >= 4 is 11.7 Å². The Morgan fingerprint density at radius 3 is 2.96 bits per heavy atom. The van der Waals surface area contributed by atoms with Gasteiger partial charge >= 0.3 is 6.03 Å². The Kier molecular flexibility index (Phi) is 4.98. The van der Waals surface area contributed by atoms with Crippen LogP contribution in [-0.2, 0) is 0 Å². The monoisotopic (exact) mass is 338 g/mol. The molecule has 25 heavy (non-hydrogen) atoms. The van der Waals surface area contributed by atoms with Crippen molar-refractivity contribution in [2.75, 3.05) is 5.32 Å². The van der Waals surface area contributed by atoms with Crippen molar-refractivity contribution in [3.05, 3.63) is 42.9 Å². The molecule has 0 aliphatic rings. The number of amides is 2. The van der Waals surface area contributed by atoms with Gasteiger partial charge in [-0.3, -0.25) is 4.98 Å². The predicted molar refractivity (Wildman–Crippen MR) is 92.7 cm³/mol. The third-order valence-corrected chi connectivity index (χ3v) is 3.58. The van der Waals surface area contributed by atoms with E-state index in [0.717, 1.165) is 12.0 Å². The van der Waals surface area contributed by atoms with E-state index >= 15 is 0 Å². The summed E-state index contributed by atoms with van der Waals surface area (Å²) in [6.07, 6.45) is 5.54. The van der Waals surface area contributed by atoms with Gasteiger partial charge in [-0.2, -0.15) is 4.98 Å². The minimum atomic E-state index is -0.250. The molecule has 0 spiro atoms. The summed E-state index contributed by atoms with van der Waals surface area (Å²) in [7, 11) is 0. The third kappa shape index (κ3) is 4.17. The SMILES string of the molecule is CCC(C)NC(=O)Nc1cccc(-c2noc(-c3cnccn3)n2)c1. The largest absolute Gasteiger partial charge is 0.335 e. The number of hydrogen-bond acceptors (Lipinski definition) is 6. The molecule has 128 valence electrons. The Balaban J connectivity index is 1.76. The van der Waals surface area contributed by atoms with Crippen molar-refractivity contribution in [1.82, 2.24) is 25.4 Å². The van der Waals surface area contributed by atoms with E-state index in [1.54, 1.807) is 30.7 Å². The van der Waals surface area contributed by atoms with E-state index in [4.69, 9.17) is 4.52 Å². The molecule has 0 radical (unpaired) electrons. The van der Waals surface area contributed by atoms with Gasteiger partial charge in [0, 0.05) is 29.7 Å². The molecule has 2 heterocycles. The highest BCUT2D eigenvalue weighted by Gasteiger charge is 2.12. The van der Waals surface area contributed by atoms with Crippen LogP contribution in [0.3, 0.4) is 0 Å². The fourth-order valence-electron chi connectivity index (χ4n) is 2.08. The van der Waals surface area contributed by atoms with E-state index in [2.05, 4.69) is 30.7 Å². The molecule has 8 heteroatoms. The van der Waals surface area contributed by atoms with Gasteiger partial charge in [-0.1, -0.05) is 24.2 Å². The lowest BCUT2D eigenvalue weighted by atomic mass is 10.2. The van der Waals surface area contributed by atoms with Gasteiger partial charge in [0.1, 0.15) is 5.69 Å². The van der Waals surface area contributed by atoms with Crippen LogP contribution in [0.5, 0.6) is 0 Å². The minimum Gasteiger partial charge on any atom is -0.335 e. The van der Waals surface area contributed by atoms with Gasteiger partial charge in [-0.25, -0.2) is 9.78 Å². The summed E-state index contributed by atoms with van der Waals surface area (Å²) in [6.45, 7) is 3.96. The lowest BCUT2D eigenvalue weighted by Gasteiger charge is -2.12. The lowest BCUT2D eigenvalue weighted by molar-refractivity contribution is 0.249. The molecule has 2 amide bonds. The number of anilines is 1. The third-order valence-electron chi connectivity index (χ3n) is 3.58. The van der Waals surface area contributed by atoms with Crippen LogP contribution in [0.1, 0.15) is 20.3 Å².